The lowest BCUT2D eigenvalue weighted by atomic mass is 9.56. The third kappa shape index (κ3) is 4.56. The lowest BCUT2D eigenvalue weighted by Crippen LogP contribution is -2.60. The molecule has 4 amide bonds. The first kappa shape index (κ1) is 32.4. The second kappa shape index (κ2) is 11.5. The average molecular weight is 714 g/mol. The Balaban J connectivity index is 1.34. The second-order valence-electron chi connectivity index (χ2n) is 12.5. The zero-order valence-electron chi connectivity index (χ0n) is 25.3. The molecule has 2 N–H and O–H groups in total. The molecule has 3 fully saturated rings. The van der Waals surface area contributed by atoms with Gasteiger partial charge in [0.1, 0.15) is 11.6 Å². The summed E-state index contributed by atoms with van der Waals surface area (Å²) < 4.78 is 19.2. The third-order valence-electron chi connectivity index (χ3n) is 10.2. The lowest BCUT2D eigenvalue weighted by molar-refractivity contribution is -0.140. The molecule has 0 unspecified atom stereocenters. The first-order valence-electron chi connectivity index (χ1n) is 15.2. The number of phenolic OH excluding ortho intramolecular Hbond substituents is 2. The van der Waals surface area contributed by atoms with Crippen LogP contribution in [0.5, 0.6) is 17.2 Å². The van der Waals surface area contributed by atoms with Gasteiger partial charge in [-0.3, -0.25) is 24.1 Å². The van der Waals surface area contributed by atoms with Crippen LogP contribution in [-0.4, -0.2) is 62.1 Å². The maximum Gasteiger partial charge on any atom is 0.258 e. The van der Waals surface area contributed by atoms with Crippen LogP contribution in [0.3, 0.4) is 0 Å². The zero-order chi connectivity index (χ0) is 34.3. The number of anilines is 1. The van der Waals surface area contributed by atoms with E-state index in [1.54, 1.807) is 18.2 Å². The van der Waals surface area contributed by atoms with Gasteiger partial charge in [-0.15, -0.1) is 23.2 Å². The first-order valence-corrected chi connectivity index (χ1v) is 16.4. The molecule has 3 aromatic rings. The van der Waals surface area contributed by atoms with Crippen molar-refractivity contribution in [3.8, 4) is 17.2 Å². The van der Waals surface area contributed by atoms with Crippen LogP contribution in [-0.2, 0) is 25.6 Å². The van der Waals surface area contributed by atoms with Gasteiger partial charge < -0.3 is 14.9 Å². The van der Waals surface area contributed by atoms with E-state index in [-0.39, 0.29) is 53.3 Å². The maximum absolute atomic E-state index is 14.5. The fourth-order valence-electron chi connectivity index (χ4n) is 7.88. The minimum absolute atomic E-state index is 0.0194. The van der Waals surface area contributed by atoms with E-state index in [0.29, 0.717) is 17.6 Å². The number of aromatic hydroxyl groups is 2. The minimum Gasteiger partial charge on any atom is -0.508 e. The average Bonchev–Trinajstić information content (AvgIpc) is 3.39. The van der Waals surface area contributed by atoms with Crippen molar-refractivity contribution in [1.29, 1.82) is 0 Å². The number of phenols is 2. The number of carbonyl (C=O) groups excluding carboxylic acids is 4. The number of fused-ring (bicyclic) bond motifs is 4. The predicted octanol–water partition coefficient (Wildman–Crippen LogP) is 5.71. The highest BCUT2D eigenvalue weighted by Gasteiger charge is 2.76. The Kier molecular flexibility index (Phi) is 7.77. The Morgan fingerprint density at radius 1 is 0.938 bits per heavy atom. The Morgan fingerprint density at radius 2 is 1.62 bits per heavy atom. The molecule has 2 saturated heterocycles. The fourth-order valence-corrected chi connectivity index (χ4v) is 9.03. The number of methoxy groups -OCH3 is 1. The number of benzene rings is 3. The van der Waals surface area contributed by atoms with E-state index in [1.165, 1.54) is 48.4 Å². The van der Waals surface area contributed by atoms with Crippen LogP contribution >= 0.6 is 34.8 Å². The number of rotatable bonds is 6. The van der Waals surface area contributed by atoms with Crippen LogP contribution in [0.1, 0.15) is 29.9 Å². The van der Waals surface area contributed by atoms with Crippen molar-refractivity contribution in [1.82, 2.24) is 4.90 Å². The Hall–Kier alpha value is -4.12. The fraction of sp³-hybridized carbons (Fsp3) is 0.314. The van der Waals surface area contributed by atoms with E-state index >= 15 is 0 Å². The largest absolute Gasteiger partial charge is 0.508 e. The number of alkyl halides is 2. The van der Waals surface area contributed by atoms with Gasteiger partial charge in [-0.05, 0) is 84.8 Å². The van der Waals surface area contributed by atoms with Gasteiger partial charge in [0.25, 0.3) is 11.8 Å². The summed E-state index contributed by atoms with van der Waals surface area (Å²) in [5.41, 5.74) is 1.71. The molecule has 248 valence electrons. The number of nitrogens with zero attached hydrogens (tertiary/aromatic N) is 2. The summed E-state index contributed by atoms with van der Waals surface area (Å²) in [4.78, 5) is 54.5. The number of halogens is 4. The molecule has 6 atom stereocenters. The van der Waals surface area contributed by atoms with Gasteiger partial charge in [0.05, 0.1) is 29.7 Å². The van der Waals surface area contributed by atoms with Crippen molar-refractivity contribution < 1.29 is 38.5 Å². The predicted molar refractivity (Wildman–Crippen MR) is 175 cm³/mol. The lowest BCUT2D eigenvalue weighted by Gasteiger charge is -2.50. The standard InChI is InChI=1S/C35H28Cl3FN2O7/c1-48-26-15-18(14-25(36)29(26)43)28-22-10-11-23-27(31(45)40(30(23)44)13-12-17-2-8-21(42)9-3-17)24(22)16-34(37)32(46)41(33(47)35(28,34)38)20-6-4-19(39)5-7-20/h2-10,14-15,23-24,27-28,42-43H,11-13,16H2,1H3/t23-,24+,27-,28-,34+,35-/m0/s1. The van der Waals surface area contributed by atoms with E-state index in [4.69, 9.17) is 39.5 Å². The van der Waals surface area contributed by atoms with Gasteiger partial charge in [-0.2, -0.15) is 0 Å². The minimum atomic E-state index is -2.16. The van der Waals surface area contributed by atoms with Crippen molar-refractivity contribution in [3.05, 3.63) is 94.3 Å². The highest BCUT2D eigenvalue weighted by Crippen LogP contribution is 2.66. The number of likely N-dealkylation sites (tertiary alicyclic amines) is 1. The summed E-state index contributed by atoms with van der Waals surface area (Å²) >= 11 is 21.2. The number of hydrogen-bond acceptors (Lipinski definition) is 7. The molecule has 13 heteroatoms. The number of ether oxygens (including phenoxy) is 1. The Labute approximate surface area is 289 Å². The van der Waals surface area contributed by atoms with Crippen molar-refractivity contribution in [2.75, 3.05) is 18.6 Å². The number of hydrogen-bond donors (Lipinski definition) is 2. The molecule has 2 aliphatic carbocycles. The molecule has 3 aromatic carbocycles. The number of amides is 4. The SMILES string of the molecule is COc1cc([C@H]2C3=CC[C@@H]4C(=O)N(CCc5ccc(O)cc5)C(=O)[C@@H]4[C@@H]3C[C@@]3(Cl)C(=O)N(c4ccc(F)cc4)C(=O)[C@@]23Cl)cc(Cl)c1O. The second-order valence-corrected chi connectivity index (χ2v) is 14.2. The van der Waals surface area contributed by atoms with Gasteiger partial charge >= 0.3 is 0 Å². The monoisotopic (exact) mass is 712 g/mol. The van der Waals surface area contributed by atoms with Crippen molar-refractivity contribution >= 4 is 64.1 Å². The molecule has 1 saturated carbocycles. The summed E-state index contributed by atoms with van der Waals surface area (Å²) in [5.74, 6) is -6.88. The van der Waals surface area contributed by atoms with Crippen LogP contribution in [0.2, 0.25) is 5.02 Å². The van der Waals surface area contributed by atoms with E-state index in [1.807, 2.05) is 0 Å². The van der Waals surface area contributed by atoms with Gasteiger partial charge in [0.2, 0.25) is 11.8 Å². The highest BCUT2D eigenvalue weighted by atomic mass is 35.5. The van der Waals surface area contributed by atoms with Crippen LogP contribution in [0.15, 0.2) is 72.3 Å². The molecule has 2 heterocycles. The van der Waals surface area contributed by atoms with Crippen molar-refractivity contribution in [2.24, 2.45) is 17.8 Å². The van der Waals surface area contributed by atoms with Gasteiger partial charge in [0.15, 0.2) is 21.2 Å². The molecule has 4 aliphatic rings. The first-order chi connectivity index (χ1) is 22.8. The smallest absolute Gasteiger partial charge is 0.258 e. The molecule has 0 spiro atoms. The summed E-state index contributed by atoms with van der Waals surface area (Å²) in [5, 5.41) is 20.1. The molecule has 9 nitrogen and oxygen atoms in total. The molecule has 0 aromatic heterocycles. The number of imide groups is 2. The number of allylic oxidation sites excluding steroid dienone is 2. The van der Waals surface area contributed by atoms with Crippen LogP contribution in [0, 0.1) is 23.6 Å². The van der Waals surface area contributed by atoms with Crippen LogP contribution < -0.4 is 9.64 Å². The molecule has 2 aliphatic heterocycles. The maximum atomic E-state index is 14.5. The Morgan fingerprint density at radius 3 is 2.29 bits per heavy atom. The zero-order valence-corrected chi connectivity index (χ0v) is 27.6. The molecular weight excluding hydrogens is 686 g/mol. The normalized spacial score (nSPS) is 29.5. The molecular formula is C35H28Cl3FN2O7. The van der Waals surface area contributed by atoms with Gasteiger partial charge in [-0.1, -0.05) is 35.4 Å². The van der Waals surface area contributed by atoms with Gasteiger partial charge in [-0.25, -0.2) is 9.29 Å². The van der Waals surface area contributed by atoms with Crippen molar-refractivity contribution in [3.63, 3.8) is 0 Å². The topological polar surface area (TPSA) is 124 Å². The number of carbonyl (C=O) groups is 4. The highest BCUT2D eigenvalue weighted by molar-refractivity contribution is 6.58. The van der Waals surface area contributed by atoms with Crippen molar-refractivity contribution in [2.45, 2.75) is 34.9 Å². The van der Waals surface area contributed by atoms with E-state index in [2.05, 4.69) is 0 Å². The van der Waals surface area contributed by atoms with Crippen LogP contribution in [0.25, 0.3) is 0 Å². The van der Waals surface area contributed by atoms with E-state index < -0.39 is 57.0 Å². The summed E-state index contributed by atoms with van der Waals surface area (Å²) in [6.45, 7) is 0.104. The van der Waals surface area contributed by atoms with E-state index in [0.717, 1.165) is 22.6 Å². The molecule has 48 heavy (non-hydrogen) atoms. The molecule has 7 rings (SSSR count). The van der Waals surface area contributed by atoms with Crippen LogP contribution in [0.4, 0.5) is 10.1 Å². The summed E-state index contributed by atoms with van der Waals surface area (Å²) in [6, 6.07) is 14.1. The summed E-state index contributed by atoms with van der Waals surface area (Å²) in [7, 11) is 1.32. The molecule has 0 radical (unpaired) electrons. The van der Waals surface area contributed by atoms with Gasteiger partial charge in [0, 0.05) is 12.5 Å². The molecule has 0 bridgehead atoms. The summed E-state index contributed by atoms with van der Waals surface area (Å²) in [6.07, 6.45) is 2.08. The Bertz CT molecular complexity index is 1920. The van der Waals surface area contributed by atoms with E-state index in [9.17, 15) is 33.8 Å². The quantitative estimate of drug-likeness (QED) is 0.191. The third-order valence-corrected chi connectivity index (χ3v) is 11.9.